The standard InChI is InChI=1S/C22H23NO7S/c1-3-28-21(27)15-12-6-4-5-7-14(12)31-20(15)23-18(25)16-13-8-9-22(30-13,10-29-11(2)24)17(16)19(23)26/h8-9,13,16-17H,3-7,10H2,1-2H3/t13-,16-,17-,22+/m1/s1. The number of hydrogen-bond donors (Lipinski definition) is 0. The SMILES string of the molecule is CCOC(=O)c1c(N2C(=O)[C@@H]3[C@H]4C=C[C@@](COC(C)=O)(O4)[C@H]3C2=O)sc2c1CCCC2. The van der Waals surface area contributed by atoms with Crippen LogP contribution in [0.1, 0.15) is 47.5 Å². The summed E-state index contributed by atoms with van der Waals surface area (Å²) >= 11 is 1.34. The fourth-order valence-electron chi connectivity index (χ4n) is 5.20. The molecule has 0 radical (unpaired) electrons. The number of aryl methyl sites for hydroxylation is 1. The van der Waals surface area contributed by atoms with Gasteiger partial charge >= 0.3 is 11.9 Å². The molecule has 4 aliphatic rings. The van der Waals surface area contributed by atoms with Gasteiger partial charge in [0.15, 0.2) is 0 Å². The summed E-state index contributed by atoms with van der Waals surface area (Å²) in [6.07, 6.45) is 6.43. The number of anilines is 1. The summed E-state index contributed by atoms with van der Waals surface area (Å²) in [6, 6.07) is 0. The number of ether oxygens (including phenoxy) is 3. The van der Waals surface area contributed by atoms with E-state index < -0.39 is 41.4 Å². The molecule has 4 heterocycles. The molecule has 5 rings (SSSR count). The van der Waals surface area contributed by atoms with E-state index in [4.69, 9.17) is 14.2 Å². The molecule has 2 saturated heterocycles. The first kappa shape index (κ1) is 20.4. The summed E-state index contributed by atoms with van der Waals surface area (Å²) in [5.41, 5.74) is 0.0940. The number of imide groups is 1. The van der Waals surface area contributed by atoms with Crippen LogP contribution in [0.2, 0.25) is 0 Å². The first-order chi connectivity index (χ1) is 14.9. The van der Waals surface area contributed by atoms with Crippen LogP contribution in [-0.2, 0) is 41.4 Å². The van der Waals surface area contributed by atoms with E-state index in [1.54, 1.807) is 19.1 Å². The summed E-state index contributed by atoms with van der Waals surface area (Å²) in [6.45, 7) is 3.09. The van der Waals surface area contributed by atoms with Crippen molar-refractivity contribution in [1.29, 1.82) is 0 Å². The molecule has 2 fully saturated rings. The maximum Gasteiger partial charge on any atom is 0.341 e. The summed E-state index contributed by atoms with van der Waals surface area (Å²) in [7, 11) is 0. The first-order valence-corrected chi connectivity index (χ1v) is 11.4. The summed E-state index contributed by atoms with van der Waals surface area (Å²) in [5.74, 6) is -3.26. The highest BCUT2D eigenvalue weighted by Gasteiger charge is 2.68. The van der Waals surface area contributed by atoms with Gasteiger partial charge in [-0.25, -0.2) is 9.69 Å². The van der Waals surface area contributed by atoms with E-state index in [1.807, 2.05) is 0 Å². The molecule has 1 aromatic rings. The van der Waals surface area contributed by atoms with Crippen molar-refractivity contribution in [3.8, 4) is 0 Å². The molecule has 1 aliphatic carbocycles. The van der Waals surface area contributed by atoms with Gasteiger partial charge in [0, 0.05) is 11.8 Å². The summed E-state index contributed by atoms with van der Waals surface area (Å²) in [4.78, 5) is 53.5. The molecule has 0 N–H and O–H groups in total. The molecular formula is C22H23NO7S. The average molecular weight is 445 g/mol. The normalized spacial score (nSPS) is 30.5. The van der Waals surface area contributed by atoms with Crippen molar-refractivity contribution in [1.82, 2.24) is 0 Å². The average Bonchev–Trinajstić information content (AvgIpc) is 3.46. The predicted molar refractivity (Wildman–Crippen MR) is 110 cm³/mol. The second-order valence-corrected chi connectivity index (χ2v) is 9.39. The minimum absolute atomic E-state index is 0.130. The summed E-state index contributed by atoms with van der Waals surface area (Å²) < 4.78 is 16.4. The number of rotatable bonds is 5. The first-order valence-electron chi connectivity index (χ1n) is 10.6. The van der Waals surface area contributed by atoms with Crippen LogP contribution in [-0.4, -0.2) is 48.7 Å². The number of thiophene rings is 1. The van der Waals surface area contributed by atoms with Crippen LogP contribution in [0.15, 0.2) is 12.2 Å². The molecule has 164 valence electrons. The number of hydrogen-bond acceptors (Lipinski definition) is 8. The monoisotopic (exact) mass is 445 g/mol. The fraction of sp³-hybridized carbons (Fsp3) is 0.545. The highest BCUT2D eigenvalue weighted by Crippen LogP contribution is 2.54. The Kier molecular flexibility index (Phi) is 4.78. The van der Waals surface area contributed by atoms with Gasteiger partial charge in [0.2, 0.25) is 11.8 Å². The predicted octanol–water partition coefficient (Wildman–Crippen LogP) is 2.18. The highest BCUT2D eigenvalue weighted by atomic mass is 32.1. The number of fused-ring (bicyclic) bond motifs is 6. The number of nitrogens with zero attached hydrogens (tertiary/aromatic N) is 1. The van der Waals surface area contributed by atoms with Gasteiger partial charge in [-0.2, -0.15) is 0 Å². The van der Waals surface area contributed by atoms with Crippen LogP contribution in [0.4, 0.5) is 5.00 Å². The molecule has 4 atom stereocenters. The zero-order chi connectivity index (χ0) is 21.9. The molecule has 0 aromatic carbocycles. The lowest BCUT2D eigenvalue weighted by atomic mass is 9.77. The van der Waals surface area contributed by atoms with Crippen molar-refractivity contribution >= 4 is 40.1 Å². The van der Waals surface area contributed by atoms with Crippen molar-refractivity contribution in [2.24, 2.45) is 11.8 Å². The molecule has 2 bridgehead atoms. The number of carbonyl (C=O) groups is 4. The molecule has 31 heavy (non-hydrogen) atoms. The quantitative estimate of drug-likeness (QED) is 0.389. The van der Waals surface area contributed by atoms with Gasteiger partial charge < -0.3 is 14.2 Å². The van der Waals surface area contributed by atoms with Gasteiger partial charge in [-0.15, -0.1) is 11.3 Å². The molecule has 0 spiro atoms. The molecule has 9 heteroatoms. The second-order valence-electron chi connectivity index (χ2n) is 8.30. The maximum atomic E-state index is 13.6. The molecular weight excluding hydrogens is 422 g/mol. The lowest BCUT2D eigenvalue weighted by molar-refractivity contribution is -0.150. The van der Waals surface area contributed by atoms with E-state index in [-0.39, 0.29) is 19.1 Å². The second kappa shape index (κ2) is 7.27. The third-order valence-electron chi connectivity index (χ3n) is 6.49. The minimum Gasteiger partial charge on any atom is -0.462 e. The lowest BCUT2D eigenvalue weighted by Gasteiger charge is -2.28. The van der Waals surface area contributed by atoms with E-state index in [0.717, 1.165) is 41.0 Å². The lowest BCUT2D eigenvalue weighted by Crippen LogP contribution is -2.44. The van der Waals surface area contributed by atoms with E-state index in [2.05, 4.69) is 0 Å². The van der Waals surface area contributed by atoms with E-state index in [1.165, 1.54) is 18.3 Å². The number of carbonyl (C=O) groups excluding carboxylic acids is 4. The molecule has 0 saturated carbocycles. The maximum absolute atomic E-state index is 13.6. The van der Waals surface area contributed by atoms with Gasteiger partial charge in [0.1, 0.15) is 17.2 Å². The molecule has 2 amide bonds. The van der Waals surface area contributed by atoms with Crippen molar-refractivity contribution in [3.63, 3.8) is 0 Å². The van der Waals surface area contributed by atoms with Gasteiger partial charge in [0.25, 0.3) is 0 Å². The van der Waals surface area contributed by atoms with Crippen molar-refractivity contribution < 1.29 is 33.4 Å². The third-order valence-corrected chi connectivity index (χ3v) is 7.77. The Balaban J connectivity index is 1.56. The Bertz CT molecular complexity index is 1030. The van der Waals surface area contributed by atoms with E-state index >= 15 is 0 Å². The Morgan fingerprint density at radius 3 is 2.74 bits per heavy atom. The van der Waals surface area contributed by atoms with Gasteiger partial charge in [-0.1, -0.05) is 6.08 Å². The van der Waals surface area contributed by atoms with Crippen LogP contribution in [0.3, 0.4) is 0 Å². The number of esters is 2. The Morgan fingerprint density at radius 2 is 2.00 bits per heavy atom. The molecule has 1 aromatic heterocycles. The van der Waals surface area contributed by atoms with E-state index in [0.29, 0.717) is 10.6 Å². The zero-order valence-electron chi connectivity index (χ0n) is 17.3. The van der Waals surface area contributed by atoms with Gasteiger partial charge in [-0.3, -0.25) is 14.4 Å². The van der Waals surface area contributed by atoms with Crippen LogP contribution in [0, 0.1) is 11.8 Å². The van der Waals surface area contributed by atoms with E-state index in [9.17, 15) is 19.2 Å². The highest BCUT2D eigenvalue weighted by molar-refractivity contribution is 7.17. The zero-order valence-corrected chi connectivity index (χ0v) is 18.2. The van der Waals surface area contributed by atoms with Crippen molar-refractivity contribution in [2.75, 3.05) is 18.1 Å². The Hall–Kier alpha value is -2.52. The fourth-order valence-corrected chi connectivity index (χ4v) is 6.59. The Morgan fingerprint density at radius 1 is 1.23 bits per heavy atom. The molecule has 0 unspecified atom stereocenters. The van der Waals surface area contributed by atoms with Crippen LogP contribution in [0.25, 0.3) is 0 Å². The van der Waals surface area contributed by atoms with Crippen LogP contribution < -0.4 is 4.90 Å². The third kappa shape index (κ3) is 2.90. The molecule has 3 aliphatic heterocycles. The Labute approximate surface area is 183 Å². The topological polar surface area (TPSA) is 99.2 Å². The van der Waals surface area contributed by atoms with Crippen molar-refractivity contribution in [2.45, 2.75) is 51.2 Å². The van der Waals surface area contributed by atoms with Crippen LogP contribution in [0.5, 0.6) is 0 Å². The van der Waals surface area contributed by atoms with Gasteiger partial charge in [-0.05, 0) is 44.2 Å². The smallest absolute Gasteiger partial charge is 0.341 e. The summed E-state index contributed by atoms with van der Waals surface area (Å²) in [5, 5.41) is 0.358. The van der Waals surface area contributed by atoms with Crippen LogP contribution >= 0.6 is 11.3 Å². The van der Waals surface area contributed by atoms with Gasteiger partial charge in [0.05, 0.1) is 30.1 Å². The minimum atomic E-state index is -1.15. The molecule has 8 nitrogen and oxygen atoms in total. The number of amides is 2. The largest absolute Gasteiger partial charge is 0.462 e. The van der Waals surface area contributed by atoms with Crippen molar-refractivity contribution in [3.05, 3.63) is 28.2 Å².